The first-order chi connectivity index (χ1) is 16.4. The Hall–Kier alpha value is -3.48. The molecule has 0 saturated heterocycles. The highest BCUT2D eigenvalue weighted by atomic mass is 19.3. The fourth-order valence-electron chi connectivity index (χ4n) is 3.85. The van der Waals surface area contributed by atoms with Gasteiger partial charge in [0, 0.05) is 23.3 Å². The lowest BCUT2D eigenvalue weighted by molar-refractivity contribution is -0.0522. The van der Waals surface area contributed by atoms with Crippen molar-refractivity contribution in [1.82, 2.24) is 9.97 Å². The number of aryl methyl sites for hydroxylation is 3. The summed E-state index contributed by atoms with van der Waals surface area (Å²) in [6.45, 7) is -0.954. The van der Waals surface area contributed by atoms with Crippen LogP contribution in [0.15, 0.2) is 60.9 Å². The third-order valence-corrected chi connectivity index (χ3v) is 5.71. The SMILES string of the molecule is CCCCc1cnc(-c2ccc3c(F)c(CCc4ccc(OC(F)F)c(F)c4)ccc3c2)nc1. The molecule has 1 heterocycles. The first-order valence-corrected chi connectivity index (χ1v) is 11.2. The third-order valence-electron chi connectivity index (χ3n) is 5.71. The predicted octanol–water partition coefficient (Wildman–Crippen LogP) is 7.30. The summed E-state index contributed by atoms with van der Waals surface area (Å²) in [5.74, 6) is -1.12. The van der Waals surface area contributed by atoms with Crippen molar-refractivity contribution in [3.05, 3.63) is 89.2 Å². The summed E-state index contributed by atoms with van der Waals surface area (Å²) in [7, 11) is 0. The predicted molar refractivity (Wildman–Crippen MR) is 124 cm³/mol. The molecule has 0 fully saturated rings. The maximum absolute atomic E-state index is 15.2. The number of hydrogen-bond acceptors (Lipinski definition) is 3. The van der Waals surface area contributed by atoms with Crippen LogP contribution in [0.1, 0.15) is 36.5 Å². The van der Waals surface area contributed by atoms with Gasteiger partial charge in [-0.15, -0.1) is 0 Å². The number of benzene rings is 3. The van der Waals surface area contributed by atoms with Gasteiger partial charge in [-0.1, -0.05) is 43.7 Å². The van der Waals surface area contributed by atoms with Crippen LogP contribution in [-0.4, -0.2) is 16.6 Å². The second kappa shape index (κ2) is 10.6. The molecule has 0 bridgehead atoms. The van der Waals surface area contributed by atoms with Crippen molar-refractivity contribution in [3.63, 3.8) is 0 Å². The van der Waals surface area contributed by atoms with Crippen LogP contribution >= 0.6 is 0 Å². The van der Waals surface area contributed by atoms with Crippen molar-refractivity contribution < 1.29 is 22.3 Å². The number of nitrogens with zero attached hydrogens (tertiary/aromatic N) is 2. The zero-order valence-electron chi connectivity index (χ0n) is 18.7. The van der Waals surface area contributed by atoms with E-state index in [4.69, 9.17) is 0 Å². The van der Waals surface area contributed by atoms with E-state index in [9.17, 15) is 13.2 Å². The summed E-state index contributed by atoms with van der Waals surface area (Å²) < 4.78 is 57.8. The molecule has 0 unspecified atom stereocenters. The average Bonchev–Trinajstić information content (AvgIpc) is 2.84. The number of rotatable bonds is 9. The van der Waals surface area contributed by atoms with Crippen LogP contribution in [0.3, 0.4) is 0 Å². The van der Waals surface area contributed by atoms with Crippen LogP contribution in [0.25, 0.3) is 22.2 Å². The van der Waals surface area contributed by atoms with Gasteiger partial charge < -0.3 is 4.74 Å². The normalized spacial score (nSPS) is 11.4. The van der Waals surface area contributed by atoms with Gasteiger partial charge in [-0.25, -0.2) is 18.7 Å². The molecule has 0 atom stereocenters. The van der Waals surface area contributed by atoms with Gasteiger partial charge in [0.15, 0.2) is 17.4 Å². The molecule has 0 aliphatic carbocycles. The standard InChI is InChI=1S/C27H24F4N2O/c1-2-3-4-18-15-32-26(33-16-18)21-10-11-22-20(14-21)9-8-19(25(22)29)7-5-17-6-12-24(23(28)13-17)34-27(30)31/h6,8-16,27H,2-5,7H2,1H3. The number of aromatic nitrogens is 2. The van der Waals surface area contributed by atoms with E-state index in [2.05, 4.69) is 21.6 Å². The summed E-state index contributed by atoms with van der Waals surface area (Å²) in [5.41, 5.74) is 2.96. The molecule has 0 aliphatic rings. The molecule has 4 rings (SSSR count). The summed E-state index contributed by atoms with van der Waals surface area (Å²) >= 11 is 0. The molecule has 4 aromatic rings. The Morgan fingerprint density at radius 1 is 0.853 bits per heavy atom. The van der Waals surface area contributed by atoms with Crippen molar-refractivity contribution >= 4 is 10.8 Å². The molecule has 0 spiro atoms. The second-order valence-corrected chi connectivity index (χ2v) is 8.14. The van der Waals surface area contributed by atoms with Crippen molar-refractivity contribution in [2.75, 3.05) is 0 Å². The van der Waals surface area contributed by atoms with E-state index < -0.39 is 18.2 Å². The highest BCUT2D eigenvalue weighted by molar-refractivity contribution is 5.87. The van der Waals surface area contributed by atoms with Gasteiger partial charge in [-0.3, -0.25) is 0 Å². The number of unbranched alkanes of at least 4 members (excludes halogenated alkanes) is 1. The lowest BCUT2D eigenvalue weighted by Gasteiger charge is -2.10. The number of hydrogen-bond donors (Lipinski definition) is 0. The summed E-state index contributed by atoms with van der Waals surface area (Å²) in [4.78, 5) is 8.91. The first-order valence-electron chi connectivity index (χ1n) is 11.2. The highest BCUT2D eigenvalue weighted by Gasteiger charge is 2.13. The summed E-state index contributed by atoms with van der Waals surface area (Å²) in [6, 6.07) is 12.7. The van der Waals surface area contributed by atoms with Gasteiger partial charge in [-0.2, -0.15) is 8.78 Å². The average molecular weight is 468 g/mol. The number of ether oxygens (including phenoxy) is 1. The second-order valence-electron chi connectivity index (χ2n) is 8.14. The van der Waals surface area contributed by atoms with Crippen LogP contribution in [-0.2, 0) is 19.3 Å². The zero-order valence-corrected chi connectivity index (χ0v) is 18.7. The molecule has 34 heavy (non-hydrogen) atoms. The molecular formula is C27H24F4N2O. The number of fused-ring (bicyclic) bond motifs is 1. The van der Waals surface area contributed by atoms with Crippen molar-refractivity contribution in [1.29, 1.82) is 0 Å². The Labute approximate surface area is 195 Å². The van der Waals surface area contributed by atoms with E-state index >= 15 is 4.39 Å². The van der Waals surface area contributed by atoms with E-state index in [1.54, 1.807) is 18.2 Å². The van der Waals surface area contributed by atoms with Crippen LogP contribution in [0.4, 0.5) is 17.6 Å². The van der Waals surface area contributed by atoms with Crippen LogP contribution in [0.2, 0.25) is 0 Å². The quantitative estimate of drug-likeness (QED) is 0.242. The van der Waals surface area contributed by atoms with E-state index in [-0.39, 0.29) is 5.82 Å². The third kappa shape index (κ3) is 5.53. The molecule has 0 radical (unpaired) electrons. The van der Waals surface area contributed by atoms with Gasteiger partial charge in [0.1, 0.15) is 5.82 Å². The van der Waals surface area contributed by atoms with Gasteiger partial charge in [0.25, 0.3) is 0 Å². The summed E-state index contributed by atoms with van der Waals surface area (Å²) in [5, 5.41) is 1.21. The fourth-order valence-corrected chi connectivity index (χ4v) is 3.85. The topological polar surface area (TPSA) is 35.0 Å². The summed E-state index contributed by atoms with van der Waals surface area (Å²) in [6.07, 6.45) is 7.50. The number of alkyl halides is 2. The van der Waals surface area contributed by atoms with Crippen molar-refractivity contribution in [2.24, 2.45) is 0 Å². The molecule has 0 N–H and O–H groups in total. The van der Waals surface area contributed by atoms with Gasteiger partial charge in [0.2, 0.25) is 0 Å². The van der Waals surface area contributed by atoms with Crippen molar-refractivity contribution in [3.8, 4) is 17.1 Å². The molecule has 0 amide bonds. The molecule has 3 aromatic carbocycles. The highest BCUT2D eigenvalue weighted by Crippen LogP contribution is 2.27. The Balaban J connectivity index is 1.49. The molecule has 0 saturated carbocycles. The van der Waals surface area contributed by atoms with E-state index in [1.165, 1.54) is 6.07 Å². The Morgan fingerprint density at radius 3 is 2.35 bits per heavy atom. The monoisotopic (exact) mass is 468 g/mol. The Kier molecular flexibility index (Phi) is 7.40. The minimum Gasteiger partial charge on any atom is -0.432 e. The first kappa shape index (κ1) is 23.7. The lowest BCUT2D eigenvalue weighted by atomic mass is 9.99. The minimum atomic E-state index is -3.09. The van der Waals surface area contributed by atoms with Gasteiger partial charge in [-0.05, 0) is 66.0 Å². The van der Waals surface area contributed by atoms with Crippen molar-refractivity contribution in [2.45, 2.75) is 45.6 Å². The van der Waals surface area contributed by atoms with Crippen LogP contribution in [0.5, 0.6) is 5.75 Å². The lowest BCUT2D eigenvalue weighted by Crippen LogP contribution is -2.04. The minimum absolute atomic E-state index is 0.334. The molecule has 0 aliphatic heterocycles. The van der Waals surface area contributed by atoms with E-state index in [0.29, 0.717) is 35.2 Å². The maximum Gasteiger partial charge on any atom is 0.387 e. The Bertz CT molecular complexity index is 1280. The molecular weight excluding hydrogens is 444 g/mol. The molecule has 176 valence electrons. The molecule has 7 heteroatoms. The zero-order chi connectivity index (χ0) is 24.1. The van der Waals surface area contributed by atoms with Gasteiger partial charge >= 0.3 is 6.61 Å². The molecule has 1 aromatic heterocycles. The number of halogens is 4. The Morgan fingerprint density at radius 2 is 1.65 bits per heavy atom. The van der Waals surface area contributed by atoms with E-state index in [1.807, 2.05) is 24.5 Å². The van der Waals surface area contributed by atoms with Gasteiger partial charge in [0.05, 0.1) is 0 Å². The maximum atomic E-state index is 15.2. The smallest absolute Gasteiger partial charge is 0.387 e. The van der Waals surface area contributed by atoms with Crippen LogP contribution in [0, 0.1) is 11.6 Å². The largest absolute Gasteiger partial charge is 0.432 e. The molecule has 3 nitrogen and oxygen atoms in total. The van der Waals surface area contributed by atoms with Crippen LogP contribution < -0.4 is 4.74 Å². The van der Waals surface area contributed by atoms with E-state index in [0.717, 1.165) is 47.9 Å². The fraction of sp³-hybridized carbons (Fsp3) is 0.259.